The number of Topliss-reactive ketones (excluding diaryl/α,β-unsaturated/α-hetero) is 2. The number of rotatable bonds is 7. The number of ketones is 2. The van der Waals surface area contributed by atoms with Crippen molar-refractivity contribution in [2.45, 2.75) is 13.8 Å². The van der Waals surface area contributed by atoms with Gasteiger partial charge in [-0.05, 0) is 49.7 Å². The summed E-state index contributed by atoms with van der Waals surface area (Å²) in [6.45, 7) is 3.01. The highest BCUT2D eigenvalue weighted by Gasteiger charge is 2.19. The average Bonchev–Trinajstić information content (AvgIpc) is 2.81. The van der Waals surface area contributed by atoms with E-state index in [-0.39, 0.29) is 11.6 Å². The predicted octanol–water partition coefficient (Wildman–Crippen LogP) is 7.34. The van der Waals surface area contributed by atoms with Crippen LogP contribution in [0.1, 0.15) is 34.6 Å². The smallest absolute Gasteiger partial charge is 0.177 e. The molecule has 4 aromatic carbocycles. The quantitative estimate of drug-likeness (QED) is 0.292. The van der Waals surface area contributed by atoms with Crippen LogP contribution in [0.2, 0.25) is 0 Å². The molecule has 158 valence electrons. The predicted molar refractivity (Wildman–Crippen MR) is 125 cm³/mol. The van der Waals surface area contributed by atoms with Crippen LogP contribution in [-0.4, -0.2) is 11.6 Å². The molecule has 32 heavy (non-hydrogen) atoms. The summed E-state index contributed by atoms with van der Waals surface area (Å²) >= 11 is 0. The Kier molecular flexibility index (Phi) is 6.13. The number of hydrogen-bond donors (Lipinski definition) is 0. The lowest BCUT2D eigenvalue weighted by atomic mass is 10.0. The molecule has 0 spiro atoms. The number of benzene rings is 4. The Balaban J connectivity index is 1.87. The van der Waals surface area contributed by atoms with Crippen LogP contribution >= 0.6 is 0 Å². The fourth-order valence-electron chi connectivity index (χ4n) is 3.47. The highest BCUT2D eigenvalue weighted by molar-refractivity contribution is 5.97. The topological polar surface area (TPSA) is 52.6 Å². The highest BCUT2D eigenvalue weighted by atomic mass is 16.5. The van der Waals surface area contributed by atoms with Crippen molar-refractivity contribution < 1.29 is 19.1 Å². The number of para-hydroxylation sites is 3. The molecule has 0 saturated heterocycles. The van der Waals surface area contributed by atoms with Crippen LogP contribution in [0.25, 0.3) is 11.1 Å². The van der Waals surface area contributed by atoms with Crippen LogP contribution < -0.4 is 9.47 Å². The normalized spacial score (nSPS) is 10.4. The first-order valence-electron chi connectivity index (χ1n) is 10.3. The van der Waals surface area contributed by atoms with Crippen molar-refractivity contribution in [2.24, 2.45) is 0 Å². The van der Waals surface area contributed by atoms with E-state index < -0.39 is 0 Å². The van der Waals surface area contributed by atoms with Crippen molar-refractivity contribution in [2.75, 3.05) is 0 Å². The fraction of sp³-hybridized carbons (Fsp3) is 0.0714. The highest BCUT2D eigenvalue weighted by Crippen LogP contribution is 2.43. The van der Waals surface area contributed by atoms with Gasteiger partial charge in [-0.25, -0.2) is 0 Å². The third kappa shape index (κ3) is 4.44. The zero-order valence-corrected chi connectivity index (χ0v) is 17.9. The molecule has 0 N–H and O–H groups in total. The number of ether oxygens (including phenoxy) is 2. The van der Waals surface area contributed by atoms with E-state index in [4.69, 9.17) is 9.47 Å². The Hall–Kier alpha value is -4.18. The third-order valence-electron chi connectivity index (χ3n) is 5.03. The minimum atomic E-state index is -0.0952. The van der Waals surface area contributed by atoms with Crippen LogP contribution in [-0.2, 0) is 0 Å². The van der Waals surface area contributed by atoms with Crippen LogP contribution in [0.15, 0.2) is 97.1 Å². The van der Waals surface area contributed by atoms with Gasteiger partial charge >= 0.3 is 0 Å². The monoisotopic (exact) mass is 422 g/mol. The Morgan fingerprint density at radius 2 is 1.03 bits per heavy atom. The van der Waals surface area contributed by atoms with E-state index in [0.29, 0.717) is 34.1 Å². The second kappa shape index (κ2) is 9.31. The lowest BCUT2D eigenvalue weighted by Gasteiger charge is -2.18. The van der Waals surface area contributed by atoms with Gasteiger partial charge in [0.1, 0.15) is 11.5 Å². The second-order valence-electron chi connectivity index (χ2n) is 7.31. The van der Waals surface area contributed by atoms with E-state index in [2.05, 4.69) is 0 Å². The first-order chi connectivity index (χ1) is 15.5. The third-order valence-corrected chi connectivity index (χ3v) is 5.03. The van der Waals surface area contributed by atoms with Crippen molar-refractivity contribution in [1.29, 1.82) is 0 Å². The van der Waals surface area contributed by atoms with Crippen molar-refractivity contribution in [1.82, 2.24) is 0 Å². The molecule has 0 bridgehead atoms. The summed E-state index contributed by atoms with van der Waals surface area (Å²) in [5, 5.41) is 0. The standard InChI is InChI=1S/C28H22O4/c1-19(29)22-13-6-8-16-25(22)31-27-18-10-15-24(21-11-4-3-5-12-21)28(27)32-26-17-9-7-14-23(26)20(2)30/h3-18H,1-2H3. The number of carbonyl (C=O) groups is 2. The van der Waals surface area contributed by atoms with Gasteiger partial charge in [-0.3, -0.25) is 9.59 Å². The SMILES string of the molecule is CC(=O)c1ccccc1Oc1cccc(-c2ccccc2)c1Oc1ccccc1C(C)=O. The first kappa shape index (κ1) is 21.1. The molecule has 0 aromatic heterocycles. The Morgan fingerprint density at radius 3 is 1.62 bits per heavy atom. The molecule has 0 radical (unpaired) electrons. The van der Waals surface area contributed by atoms with Crippen LogP contribution in [0.3, 0.4) is 0 Å². The van der Waals surface area contributed by atoms with Crippen LogP contribution in [0.5, 0.6) is 23.0 Å². The molecule has 0 unspecified atom stereocenters. The molecule has 4 heteroatoms. The number of hydrogen-bond acceptors (Lipinski definition) is 4. The summed E-state index contributed by atoms with van der Waals surface area (Å²) in [6, 6.07) is 29.6. The summed E-state index contributed by atoms with van der Waals surface area (Å²) < 4.78 is 12.5. The molecule has 0 atom stereocenters. The first-order valence-corrected chi connectivity index (χ1v) is 10.3. The molecule has 0 aliphatic heterocycles. The van der Waals surface area contributed by atoms with E-state index in [9.17, 15) is 9.59 Å². The molecule has 4 rings (SSSR count). The minimum absolute atomic E-state index is 0.0933. The summed E-state index contributed by atoms with van der Waals surface area (Å²) in [4.78, 5) is 24.2. The zero-order valence-electron chi connectivity index (χ0n) is 17.9. The summed E-state index contributed by atoms with van der Waals surface area (Å²) in [7, 11) is 0. The molecular weight excluding hydrogens is 400 g/mol. The van der Waals surface area contributed by atoms with Gasteiger partial charge in [0.25, 0.3) is 0 Å². The maximum absolute atomic E-state index is 12.2. The Bertz CT molecular complexity index is 1280. The van der Waals surface area contributed by atoms with Crippen molar-refractivity contribution in [3.8, 4) is 34.1 Å². The van der Waals surface area contributed by atoms with E-state index in [0.717, 1.165) is 11.1 Å². The van der Waals surface area contributed by atoms with Gasteiger partial charge in [-0.2, -0.15) is 0 Å². The largest absolute Gasteiger partial charge is 0.453 e. The average molecular weight is 422 g/mol. The summed E-state index contributed by atoms with van der Waals surface area (Å²) in [6.07, 6.45) is 0. The maximum atomic E-state index is 12.2. The molecule has 4 aromatic rings. The Labute approximate surface area is 187 Å². The molecule has 0 fully saturated rings. The van der Waals surface area contributed by atoms with Crippen LogP contribution in [0, 0.1) is 0 Å². The van der Waals surface area contributed by atoms with Gasteiger partial charge in [0.05, 0.1) is 11.1 Å². The summed E-state index contributed by atoms with van der Waals surface area (Å²) in [5.41, 5.74) is 2.70. The molecule has 4 nitrogen and oxygen atoms in total. The van der Waals surface area contributed by atoms with Crippen molar-refractivity contribution >= 4 is 11.6 Å². The molecule has 0 amide bonds. The van der Waals surface area contributed by atoms with E-state index >= 15 is 0 Å². The molecular formula is C28H22O4. The van der Waals surface area contributed by atoms with E-state index in [1.807, 2.05) is 54.6 Å². The van der Waals surface area contributed by atoms with Crippen molar-refractivity contribution in [3.05, 3.63) is 108 Å². The molecule has 0 aliphatic rings. The molecule has 0 heterocycles. The number of carbonyl (C=O) groups excluding carboxylic acids is 2. The summed E-state index contributed by atoms with van der Waals surface area (Å²) in [5.74, 6) is 1.60. The van der Waals surface area contributed by atoms with Gasteiger partial charge in [0, 0.05) is 5.56 Å². The van der Waals surface area contributed by atoms with Gasteiger partial charge in [0.15, 0.2) is 23.1 Å². The fourth-order valence-corrected chi connectivity index (χ4v) is 3.47. The van der Waals surface area contributed by atoms with Gasteiger partial charge in [-0.15, -0.1) is 0 Å². The van der Waals surface area contributed by atoms with Gasteiger partial charge in [-0.1, -0.05) is 66.7 Å². The Morgan fingerprint density at radius 1 is 0.531 bits per heavy atom. The maximum Gasteiger partial charge on any atom is 0.177 e. The second-order valence-corrected chi connectivity index (χ2v) is 7.31. The van der Waals surface area contributed by atoms with E-state index in [1.54, 1.807) is 42.5 Å². The van der Waals surface area contributed by atoms with E-state index in [1.165, 1.54) is 13.8 Å². The molecule has 0 saturated carbocycles. The lowest BCUT2D eigenvalue weighted by molar-refractivity contribution is 0.100. The lowest BCUT2D eigenvalue weighted by Crippen LogP contribution is -2.01. The van der Waals surface area contributed by atoms with Gasteiger partial charge in [0.2, 0.25) is 0 Å². The van der Waals surface area contributed by atoms with Crippen molar-refractivity contribution in [3.63, 3.8) is 0 Å². The van der Waals surface area contributed by atoms with Gasteiger partial charge < -0.3 is 9.47 Å². The minimum Gasteiger partial charge on any atom is -0.453 e. The zero-order chi connectivity index (χ0) is 22.5. The molecule has 0 aliphatic carbocycles. The van der Waals surface area contributed by atoms with Crippen LogP contribution in [0.4, 0.5) is 0 Å².